The van der Waals surface area contributed by atoms with Crippen LogP contribution in [0.4, 0.5) is 0 Å². The molecule has 0 aromatic heterocycles. The van der Waals surface area contributed by atoms with Crippen LogP contribution in [-0.4, -0.2) is 29.3 Å². The van der Waals surface area contributed by atoms with Gasteiger partial charge in [-0.05, 0) is 48.2 Å². The van der Waals surface area contributed by atoms with Gasteiger partial charge in [-0.2, -0.15) is 0 Å². The molecule has 0 aliphatic rings. The van der Waals surface area contributed by atoms with Gasteiger partial charge in [-0.15, -0.1) is 0 Å². The van der Waals surface area contributed by atoms with Crippen molar-refractivity contribution in [2.24, 2.45) is 5.92 Å². The fraction of sp³-hybridized carbons (Fsp3) is 0.364. The van der Waals surface area contributed by atoms with Crippen molar-refractivity contribution in [3.05, 3.63) is 68.7 Å². The molecule has 2 aromatic rings. The predicted molar refractivity (Wildman–Crippen MR) is 119 cm³/mol. The van der Waals surface area contributed by atoms with Gasteiger partial charge in [-0.1, -0.05) is 66.8 Å². The zero-order valence-electron chi connectivity index (χ0n) is 16.7. The molecule has 2 amide bonds. The highest BCUT2D eigenvalue weighted by atomic mass is 35.5. The molecule has 0 saturated carbocycles. The highest BCUT2D eigenvalue weighted by Gasteiger charge is 2.27. The standard InChI is InChI=1S/C22H25Cl3N2O2/c1-14(2)12-26-22(29)15(3)27(13-16-6-4-7-17(23)10-16)21(28)11-18-19(24)8-5-9-20(18)25/h4-10,14-15H,11-13H2,1-3H3,(H,26,29). The summed E-state index contributed by atoms with van der Waals surface area (Å²) in [5, 5.41) is 4.30. The third-order valence-electron chi connectivity index (χ3n) is 4.48. The van der Waals surface area contributed by atoms with E-state index in [1.807, 2.05) is 26.0 Å². The SMILES string of the molecule is CC(C)CNC(=O)C(C)N(Cc1cccc(Cl)c1)C(=O)Cc1c(Cl)cccc1Cl. The fourth-order valence-corrected chi connectivity index (χ4v) is 3.57. The molecule has 0 fully saturated rings. The van der Waals surface area contributed by atoms with Crippen molar-refractivity contribution in [3.8, 4) is 0 Å². The zero-order valence-corrected chi connectivity index (χ0v) is 19.0. The topological polar surface area (TPSA) is 49.4 Å². The van der Waals surface area contributed by atoms with Crippen LogP contribution in [0.2, 0.25) is 15.1 Å². The molecule has 7 heteroatoms. The molecular formula is C22H25Cl3N2O2. The smallest absolute Gasteiger partial charge is 0.242 e. The van der Waals surface area contributed by atoms with Crippen LogP contribution in [0.25, 0.3) is 0 Å². The van der Waals surface area contributed by atoms with Gasteiger partial charge < -0.3 is 10.2 Å². The van der Waals surface area contributed by atoms with Crippen molar-refractivity contribution in [1.82, 2.24) is 10.2 Å². The Morgan fingerprint density at radius 1 is 1.00 bits per heavy atom. The first-order valence-corrected chi connectivity index (χ1v) is 10.6. The second-order valence-corrected chi connectivity index (χ2v) is 8.59. The van der Waals surface area contributed by atoms with E-state index in [4.69, 9.17) is 34.8 Å². The lowest BCUT2D eigenvalue weighted by atomic mass is 10.1. The maximum atomic E-state index is 13.2. The van der Waals surface area contributed by atoms with E-state index < -0.39 is 6.04 Å². The summed E-state index contributed by atoms with van der Waals surface area (Å²) >= 11 is 18.6. The van der Waals surface area contributed by atoms with E-state index in [0.29, 0.717) is 33.1 Å². The Hall–Kier alpha value is -1.75. The number of nitrogens with one attached hydrogen (secondary N) is 1. The molecule has 0 aliphatic heterocycles. The number of hydrogen-bond acceptors (Lipinski definition) is 2. The summed E-state index contributed by atoms with van der Waals surface area (Å²) < 4.78 is 0. The maximum absolute atomic E-state index is 13.2. The largest absolute Gasteiger partial charge is 0.354 e. The van der Waals surface area contributed by atoms with Crippen molar-refractivity contribution in [1.29, 1.82) is 0 Å². The van der Waals surface area contributed by atoms with Crippen LogP contribution in [0.15, 0.2) is 42.5 Å². The average molecular weight is 456 g/mol. The molecule has 0 saturated heterocycles. The van der Waals surface area contributed by atoms with Crippen LogP contribution in [0, 0.1) is 5.92 Å². The molecule has 29 heavy (non-hydrogen) atoms. The summed E-state index contributed by atoms with van der Waals surface area (Å²) in [4.78, 5) is 27.4. The van der Waals surface area contributed by atoms with Crippen molar-refractivity contribution < 1.29 is 9.59 Å². The van der Waals surface area contributed by atoms with Gasteiger partial charge in [0.2, 0.25) is 11.8 Å². The normalized spacial score (nSPS) is 12.0. The van der Waals surface area contributed by atoms with E-state index in [1.165, 1.54) is 4.90 Å². The summed E-state index contributed by atoms with van der Waals surface area (Å²) in [5.41, 5.74) is 1.38. The predicted octanol–water partition coefficient (Wildman–Crippen LogP) is 5.38. The molecule has 0 aliphatic carbocycles. The van der Waals surface area contributed by atoms with Crippen LogP contribution in [0.3, 0.4) is 0 Å². The van der Waals surface area contributed by atoms with Crippen LogP contribution >= 0.6 is 34.8 Å². The third-order valence-corrected chi connectivity index (χ3v) is 5.43. The number of benzene rings is 2. The van der Waals surface area contributed by atoms with Gasteiger partial charge in [-0.3, -0.25) is 9.59 Å². The van der Waals surface area contributed by atoms with Gasteiger partial charge in [0.05, 0.1) is 6.42 Å². The van der Waals surface area contributed by atoms with Gasteiger partial charge in [0.15, 0.2) is 0 Å². The van der Waals surface area contributed by atoms with E-state index in [0.717, 1.165) is 5.56 Å². The highest BCUT2D eigenvalue weighted by molar-refractivity contribution is 6.36. The molecule has 2 aromatic carbocycles. The summed E-state index contributed by atoms with van der Waals surface area (Å²) in [6.07, 6.45) is 0.000866. The molecule has 1 unspecified atom stereocenters. The number of amides is 2. The molecule has 4 nitrogen and oxygen atoms in total. The minimum atomic E-state index is -0.665. The van der Waals surface area contributed by atoms with Crippen molar-refractivity contribution >= 4 is 46.6 Å². The van der Waals surface area contributed by atoms with Gasteiger partial charge >= 0.3 is 0 Å². The summed E-state index contributed by atoms with van der Waals surface area (Å²) in [7, 11) is 0. The van der Waals surface area contributed by atoms with Crippen LogP contribution < -0.4 is 5.32 Å². The van der Waals surface area contributed by atoms with E-state index in [9.17, 15) is 9.59 Å². The fourth-order valence-electron chi connectivity index (χ4n) is 2.82. The second-order valence-electron chi connectivity index (χ2n) is 7.34. The Kier molecular flexibility index (Phi) is 8.81. The Labute approximate surface area is 187 Å². The molecule has 0 radical (unpaired) electrons. The molecule has 0 heterocycles. The van der Waals surface area contributed by atoms with Gasteiger partial charge in [0, 0.05) is 28.2 Å². The lowest BCUT2D eigenvalue weighted by Gasteiger charge is -2.29. The van der Waals surface area contributed by atoms with Crippen molar-refractivity contribution in [2.75, 3.05) is 6.54 Å². The number of rotatable bonds is 8. The monoisotopic (exact) mass is 454 g/mol. The number of nitrogens with zero attached hydrogens (tertiary/aromatic N) is 1. The van der Waals surface area contributed by atoms with Crippen molar-refractivity contribution in [3.63, 3.8) is 0 Å². The average Bonchev–Trinajstić information content (AvgIpc) is 2.66. The first-order chi connectivity index (χ1) is 13.7. The molecular weight excluding hydrogens is 431 g/mol. The maximum Gasteiger partial charge on any atom is 0.242 e. The Morgan fingerprint density at radius 2 is 1.62 bits per heavy atom. The second kappa shape index (κ2) is 10.9. The van der Waals surface area contributed by atoms with Gasteiger partial charge in [0.25, 0.3) is 0 Å². The Bertz CT molecular complexity index is 851. The Balaban J connectivity index is 2.27. The van der Waals surface area contributed by atoms with E-state index >= 15 is 0 Å². The third kappa shape index (κ3) is 6.91. The lowest BCUT2D eigenvalue weighted by molar-refractivity contribution is -0.140. The van der Waals surface area contributed by atoms with Crippen LogP contribution in [-0.2, 0) is 22.6 Å². The quantitative estimate of drug-likeness (QED) is 0.581. The molecule has 0 bridgehead atoms. The number of carbonyl (C=O) groups excluding carboxylic acids is 2. The summed E-state index contributed by atoms with van der Waals surface area (Å²) in [5.74, 6) is -0.142. The number of halogens is 3. The minimum Gasteiger partial charge on any atom is -0.354 e. The summed E-state index contributed by atoms with van der Waals surface area (Å²) in [6, 6.07) is 11.7. The number of carbonyl (C=O) groups is 2. The minimum absolute atomic E-state index is 0.000866. The highest BCUT2D eigenvalue weighted by Crippen LogP contribution is 2.26. The molecule has 0 spiro atoms. The molecule has 2 rings (SSSR count). The molecule has 156 valence electrons. The first-order valence-electron chi connectivity index (χ1n) is 9.43. The van der Waals surface area contributed by atoms with Crippen molar-refractivity contribution in [2.45, 2.75) is 39.8 Å². The van der Waals surface area contributed by atoms with E-state index in [-0.39, 0.29) is 24.8 Å². The van der Waals surface area contributed by atoms with Crippen LogP contribution in [0.5, 0.6) is 0 Å². The summed E-state index contributed by atoms with van der Waals surface area (Å²) in [6.45, 7) is 6.53. The van der Waals surface area contributed by atoms with Gasteiger partial charge in [0.1, 0.15) is 6.04 Å². The van der Waals surface area contributed by atoms with E-state index in [1.54, 1.807) is 37.3 Å². The first kappa shape index (κ1) is 23.5. The lowest BCUT2D eigenvalue weighted by Crippen LogP contribution is -2.48. The molecule has 1 atom stereocenters. The van der Waals surface area contributed by atoms with Crippen LogP contribution in [0.1, 0.15) is 31.9 Å². The Morgan fingerprint density at radius 3 is 2.21 bits per heavy atom. The van der Waals surface area contributed by atoms with E-state index in [2.05, 4.69) is 5.32 Å². The molecule has 1 N–H and O–H groups in total. The van der Waals surface area contributed by atoms with Gasteiger partial charge in [-0.25, -0.2) is 0 Å². The number of hydrogen-bond donors (Lipinski definition) is 1. The zero-order chi connectivity index (χ0) is 21.6.